The molecule has 0 aromatic carbocycles. The third kappa shape index (κ3) is 3.07. The van der Waals surface area contributed by atoms with Gasteiger partial charge < -0.3 is 15.8 Å². The molecule has 0 amide bonds. The van der Waals surface area contributed by atoms with Crippen LogP contribution in [0.1, 0.15) is 0 Å². The predicted octanol–water partition coefficient (Wildman–Crippen LogP) is -0.288. The van der Waals surface area contributed by atoms with Crippen molar-refractivity contribution in [1.29, 1.82) is 0 Å². The Morgan fingerprint density at radius 1 is 2.00 bits per heavy atom. The molecule has 0 saturated heterocycles. The molecule has 34 valence electrons. The maximum absolute atomic E-state index is 9.33. The molecule has 4 nitrogen and oxygen atoms in total. The first-order chi connectivity index (χ1) is 2.91. The predicted molar refractivity (Wildman–Crippen MR) is 19.9 cm³/mol. The van der Waals surface area contributed by atoms with Gasteiger partial charge in [0.2, 0.25) is 0 Å². The van der Waals surface area contributed by atoms with Gasteiger partial charge in [-0.1, -0.05) is 0 Å². The van der Waals surface area contributed by atoms with E-state index in [2.05, 4.69) is 5.22 Å². The van der Waals surface area contributed by atoms with Gasteiger partial charge in [-0.05, 0) is 0 Å². The molecule has 0 aliphatic rings. The first-order valence-corrected chi connectivity index (χ1v) is 1.42. The van der Waals surface area contributed by atoms with Gasteiger partial charge in [0.25, 0.3) is 0 Å². The molecule has 0 aromatic rings. The summed E-state index contributed by atoms with van der Waals surface area (Å²) < 4.78 is 0. The highest BCUT2D eigenvalue weighted by Gasteiger charge is 1.59. The molecule has 0 heterocycles. The summed E-state index contributed by atoms with van der Waals surface area (Å²) in [6.07, 6.45) is 0.597. The number of hydrogen-bond acceptors (Lipinski definition) is 2. The Labute approximate surface area is 35.0 Å². The standard InChI is InChI=1S/C2H4N3O/c3-5-4-1-2-6/h2H,1H2,(H-,3,4)/q-1. The Kier molecular flexibility index (Phi) is 3.44. The quantitative estimate of drug-likeness (QED) is 0.222. The van der Waals surface area contributed by atoms with E-state index in [0.29, 0.717) is 6.29 Å². The molecule has 0 aliphatic heterocycles. The summed E-state index contributed by atoms with van der Waals surface area (Å²) >= 11 is 0. The Balaban J connectivity index is 2.66. The van der Waals surface area contributed by atoms with Crippen LogP contribution in [0.2, 0.25) is 0 Å². The fourth-order valence-electron chi connectivity index (χ4n) is 0.0781. The third-order valence-electron chi connectivity index (χ3n) is 0.245. The molecule has 0 atom stereocenters. The Bertz CT molecular complexity index is 44.8. The lowest BCUT2D eigenvalue weighted by Crippen LogP contribution is -2.05. The Hall–Kier alpha value is -0.930. The number of carbonyl (C=O) groups is 1. The molecule has 0 spiro atoms. The normalized spacial score (nSPS) is 6.67. The SMILES string of the molecule is [N-]=NNCC=O. The second-order valence-electron chi connectivity index (χ2n) is 0.629. The molecule has 0 fully saturated rings. The molecule has 0 aromatic heterocycles. The third-order valence-corrected chi connectivity index (χ3v) is 0.245. The number of nitrogens with one attached hydrogen (secondary N) is 1. The van der Waals surface area contributed by atoms with Gasteiger partial charge in [-0.15, -0.1) is 0 Å². The van der Waals surface area contributed by atoms with Crippen molar-refractivity contribution in [3.05, 3.63) is 5.53 Å². The van der Waals surface area contributed by atoms with Gasteiger partial charge in [-0.3, -0.25) is 5.22 Å². The first-order valence-electron chi connectivity index (χ1n) is 1.42. The van der Waals surface area contributed by atoms with Crippen molar-refractivity contribution in [1.82, 2.24) is 5.43 Å². The average Bonchev–Trinajstić information content (AvgIpc) is 1.61. The highest BCUT2D eigenvalue weighted by molar-refractivity contribution is 5.51. The summed E-state index contributed by atoms with van der Waals surface area (Å²) in [7, 11) is 0. The Morgan fingerprint density at radius 2 is 2.67 bits per heavy atom. The van der Waals surface area contributed by atoms with Crippen LogP contribution in [0.4, 0.5) is 0 Å². The van der Waals surface area contributed by atoms with Crippen LogP contribution in [0.5, 0.6) is 0 Å². The molecule has 0 aliphatic carbocycles. The molecule has 0 bridgehead atoms. The lowest BCUT2D eigenvalue weighted by atomic mass is 10.8. The fraction of sp³-hybridized carbons (Fsp3) is 0.500. The number of carbonyl (C=O) groups excluding carboxylic acids is 1. The zero-order valence-electron chi connectivity index (χ0n) is 3.09. The van der Waals surface area contributed by atoms with Crippen LogP contribution < -0.4 is 5.43 Å². The first kappa shape index (κ1) is 5.07. The monoisotopic (exact) mass is 86.0 g/mol. The van der Waals surface area contributed by atoms with Crippen LogP contribution in [0, 0.1) is 0 Å². The highest BCUT2D eigenvalue weighted by atomic mass is 16.1. The lowest BCUT2D eigenvalue weighted by molar-refractivity contribution is -0.107. The molecule has 0 rings (SSSR count). The molecular weight excluding hydrogens is 82.0 g/mol. The summed E-state index contributed by atoms with van der Waals surface area (Å²) in [5.74, 6) is 0. The van der Waals surface area contributed by atoms with Crippen molar-refractivity contribution < 1.29 is 4.79 Å². The summed E-state index contributed by atoms with van der Waals surface area (Å²) in [6.45, 7) is 0.0660. The minimum absolute atomic E-state index is 0.0660. The molecule has 1 N–H and O–H groups in total. The number of aldehydes is 1. The number of nitrogens with zero attached hydrogens (tertiary/aromatic N) is 2. The van der Waals surface area contributed by atoms with Crippen LogP contribution in [0.25, 0.3) is 5.53 Å². The number of rotatable bonds is 3. The average molecular weight is 86.1 g/mol. The van der Waals surface area contributed by atoms with E-state index in [9.17, 15) is 4.79 Å². The van der Waals surface area contributed by atoms with Crippen LogP contribution in [0.15, 0.2) is 5.22 Å². The van der Waals surface area contributed by atoms with Crippen molar-refractivity contribution in [3.8, 4) is 0 Å². The van der Waals surface area contributed by atoms with Gasteiger partial charge in [0, 0.05) is 6.54 Å². The largest absolute Gasteiger partial charge is 0.407 e. The summed E-state index contributed by atoms with van der Waals surface area (Å²) in [6, 6.07) is 0. The summed E-state index contributed by atoms with van der Waals surface area (Å²) in [5, 5.41) is 2.44. The molecule has 0 radical (unpaired) electrons. The van der Waals surface area contributed by atoms with Crippen molar-refractivity contribution in [2.75, 3.05) is 6.54 Å². The van der Waals surface area contributed by atoms with Gasteiger partial charge in [0.15, 0.2) is 0 Å². The maximum atomic E-state index is 9.33. The minimum Gasteiger partial charge on any atom is -0.407 e. The van der Waals surface area contributed by atoms with Crippen LogP contribution >= 0.6 is 0 Å². The number of hydrogen-bond donors (Lipinski definition) is 1. The van der Waals surface area contributed by atoms with E-state index in [1.807, 2.05) is 5.43 Å². The topological polar surface area (TPSA) is 63.8 Å². The minimum atomic E-state index is 0.0660. The summed E-state index contributed by atoms with van der Waals surface area (Å²) in [5.41, 5.74) is 9.56. The van der Waals surface area contributed by atoms with E-state index >= 15 is 0 Å². The van der Waals surface area contributed by atoms with Gasteiger partial charge >= 0.3 is 0 Å². The van der Waals surface area contributed by atoms with Crippen molar-refractivity contribution in [3.63, 3.8) is 0 Å². The van der Waals surface area contributed by atoms with Crippen molar-refractivity contribution >= 4 is 6.29 Å². The van der Waals surface area contributed by atoms with E-state index in [4.69, 9.17) is 5.53 Å². The smallest absolute Gasteiger partial charge is 0.120 e. The van der Waals surface area contributed by atoms with Gasteiger partial charge in [0.05, 0.1) is 0 Å². The van der Waals surface area contributed by atoms with E-state index in [-0.39, 0.29) is 6.54 Å². The molecule has 0 unspecified atom stereocenters. The van der Waals surface area contributed by atoms with Gasteiger partial charge in [-0.25, -0.2) is 0 Å². The summed E-state index contributed by atoms with van der Waals surface area (Å²) in [4.78, 5) is 9.33. The second kappa shape index (κ2) is 4.07. The van der Waals surface area contributed by atoms with Gasteiger partial charge in [-0.2, -0.15) is 0 Å². The fourth-order valence-corrected chi connectivity index (χ4v) is 0.0781. The second-order valence-corrected chi connectivity index (χ2v) is 0.629. The molecule has 4 heteroatoms. The highest BCUT2D eigenvalue weighted by Crippen LogP contribution is 1.47. The van der Waals surface area contributed by atoms with Gasteiger partial charge in [0.1, 0.15) is 6.29 Å². The van der Waals surface area contributed by atoms with Crippen molar-refractivity contribution in [2.45, 2.75) is 0 Å². The molecule has 6 heavy (non-hydrogen) atoms. The molecule has 0 saturated carbocycles. The lowest BCUT2D eigenvalue weighted by Gasteiger charge is -1.91. The van der Waals surface area contributed by atoms with Crippen LogP contribution in [0.3, 0.4) is 0 Å². The van der Waals surface area contributed by atoms with Crippen LogP contribution in [-0.2, 0) is 4.79 Å². The van der Waals surface area contributed by atoms with E-state index in [1.54, 1.807) is 0 Å². The zero-order chi connectivity index (χ0) is 4.83. The maximum Gasteiger partial charge on any atom is 0.120 e. The molecular formula is C2H4N3O-. The van der Waals surface area contributed by atoms with Crippen molar-refractivity contribution in [2.24, 2.45) is 5.22 Å². The van der Waals surface area contributed by atoms with Crippen LogP contribution in [-0.4, -0.2) is 12.8 Å². The zero-order valence-corrected chi connectivity index (χ0v) is 3.09. The van der Waals surface area contributed by atoms with E-state index in [1.165, 1.54) is 0 Å². The van der Waals surface area contributed by atoms with E-state index < -0.39 is 0 Å². The Morgan fingerprint density at radius 3 is 2.83 bits per heavy atom. The van der Waals surface area contributed by atoms with E-state index in [0.717, 1.165) is 0 Å².